The van der Waals surface area contributed by atoms with Crippen molar-refractivity contribution in [2.45, 2.75) is 31.0 Å². The predicted octanol–water partition coefficient (Wildman–Crippen LogP) is 1.10. The summed E-state index contributed by atoms with van der Waals surface area (Å²) in [6, 6.07) is 0. The highest BCUT2D eigenvalue weighted by Crippen LogP contribution is 2.33. The second-order valence-corrected chi connectivity index (χ2v) is 4.22. The van der Waals surface area contributed by atoms with E-state index in [1.807, 2.05) is 0 Å². The summed E-state index contributed by atoms with van der Waals surface area (Å²) in [5.41, 5.74) is 0.0735. The van der Waals surface area contributed by atoms with Gasteiger partial charge in [-0.25, -0.2) is 0 Å². The van der Waals surface area contributed by atoms with Gasteiger partial charge >= 0.3 is 0 Å². The van der Waals surface area contributed by atoms with Crippen LogP contribution in [0.2, 0.25) is 0 Å². The fraction of sp³-hybridized carbons (Fsp3) is 0.818. The van der Waals surface area contributed by atoms with Crippen LogP contribution in [0.1, 0.15) is 19.3 Å². The lowest BCUT2D eigenvalue weighted by atomic mass is 9.90. The fourth-order valence-electron chi connectivity index (χ4n) is 2.35. The molecular formula is C11H19NO2. The van der Waals surface area contributed by atoms with E-state index in [-0.39, 0.29) is 11.7 Å². The third-order valence-electron chi connectivity index (χ3n) is 3.06. The SMILES string of the molecule is C=CCO[C@H]1CO[C@@]2(CCCNC2)C1. The van der Waals surface area contributed by atoms with Crippen molar-refractivity contribution in [3.63, 3.8) is 0 Å². The topological polar surface area (TPSA) is 30.5 Å². The van der Waals surface area contributed by atoms with Crippen molar-refractivity contribution in [3.05, 3.63) is 12.7 Å². The maximum Gasteiger partial charge on any atom is 0.0841 e. The van der Waals surface area contributed by atoms with Crippen LogP contribution in [0, 0.1) is 0 Å². The zero-order valence-corrected chi connectivity index (χ0v) is 8.63. The molecule has 2 rings (SSSR count). The predicted molar refractivity (Wildman–Crippen MR) is 55.3 cm³/mol. The molecule has 14 heavy (non-hydrogen) atoms. The molecule has 2 aliphatic heterocycles. The molecule has 0 aromatic rings. The molecule has 3 nitrogen and oxygen atoms in total. The second kappa shape index (κ2) is 4.43. The average Bonchev–Trinajstić information content (AvgIpc) is 2.60. The Hall–Kier alpha value is -0.380. The van der Waals surface area contributed by atoms with E-state index in [0.29, 0.717) is 6.61 Å². The first-order valence-electron chi connectivity index (χ1n) is 5.42. The Balaban J connectivity index is 1.82. The third kappa shape index (κ3) is 2.16. The summed E-state index contributed by atoms with van der Waals surface area (Å²) in [7, 11) is 0. The van der Waals surface area contributed by atoms with Gasteiger partial charge in [0.25, 0.3) is 0 Å². The van der Waals surface area contributed by atoms with E-state index in [1.54, 1.807) is 6.08 Å². The van der Waals surface area contributed by atoms with Gasteiger partial charge in [0.15, 0.2) is 0 Å². The normalized spacial score (nSPS) is 37.6. The summed E-state index contributed by atoms with van der Waals surface area (Å²) in [6.45, 7) is 7.14. The van der Waals surface area contributed by atoms with Gasteiger partial charge in [-0.2, -0.15) is 0 Å². The van der Waals surface area contributed by atoms with Crippen LogP contribution in [-0.2, 0) is 9.47 Å². The van der Waals surface area contributed by atoms with Crippen LogP contribution in [0.15, 0.2) is 12.7 Å². The van der Waals surface area contributed by atoms with E-state index in [2.05, 4.69) is 11.9 Å². The molecule has 0 amide bonds. The van der Waals surface area contributed by atoms with Crippen molar-refractivity contribution in [3.8, 4) is 0 Å². The monoisotopic (exact) mass is 197 g/mol. The minimum absolute atomic E-state index is 0.0735. The van der Waals surface area contributed by atoms with Gasteiger partial charge in [0.2, 0.25) is 0 Å². The summed E-state index contributed by atoms with van der Waals surface area (Å²) < 4.78 is 11.5. The van der Waals surface area contributed by atoms with Crippen molar-refractivity contribution in [1.82, 2.24) is 5.32 Å². The number of piperidine rings is 1. The minimum atomic E-state index is 0.0735. The van der Waals surface area contributed by atoms with Gasteiger partial charge in [-0.15, -0.1) is 6.58 Å². The van der Waals surface area contributed by atoms with E-state index >= 15 is 0 Å². The van der Waals surface area contributed by atoms with E-state index in [1.165, 1.54) is 12.8 Å². The van der Waals surface area contributed by atoms with Crippen LogP contribution >= 0.6 is 0 Å². The zero-order chi connectivity index (χ0) is 9.86. The molecule has 2 saturated heterocycles. The largest absolute Gasteiger partial charge is 0.372 e. The van der Waals surface area contributed by atoms with Gasteiger partial charge in [0.05, 0.1) is 24.9 Å². The molecule has 0 bridgehead atoms. The average molecular weight is 197 g/mol. The fourth-order valence-corrected chi connectivity index (χ4v) is 2.35. The molecule has 1 spiro atoms. The van der Waals surface area contributed by atoms with E-state index < -0.39 is 0 Å². The van der Waals surface area contributed by atoms with Crippen LogP contribution in [0.5, 0.6) is 0 Å². The Bertz CT molecular complexity index is 199. The van der Waals surface area contributed by atoms with Crippen molar-refractivity contribution >= 4 is 0 Å². The molecule has 0 saturated carbocycles. The summed E-state index contributed by atoms with van der Waals surface area (Å²) in [4.78, 5) is 0. The Morgan fingerprint density at radius 2 is 2.57 bits per heavy atom. The maximum absolute atomic E-state index is 5.87. The Morgan fingerprint density at radius 1 is 1.64 bits per heavy atom. The van der Waals surface area contributed by atoms with Gasteiger partial charge in [0.1, 0.15) is 0 Å². The smallest absolute Gasteiger partial charge is 0.0841 e. The van der Waals surface area contributed by atoms with Gasteiger partial charge in [-0.05, 0) is 19.4 Å². The molecule has 2 atom stereocenters. The van der Waals surface area contributed by atoms with Crippen LogP contribution in [0.4, 0.5) is 0 Å². The summed E-state index contributed by atoms with van der Waals surface area (Å²) in [6.07, 6.45) is 5.49. The van der Waals surface area contributed by atoms with Gasteiger partial charge in [0, 0.05) is 13.0 Å². The molecular weight excluding hydrogens is 178 g/mol. The van der Waals surface area contributed by atoms with Crippen LogP contribution in [0.3, 0.4) is 0 Å². The highest BCUT2D eigenvalue weighted by molar-refractivity contribution is 4.94. The van der Waals surface area contributed by atoms with Crippen molar-refractivity contribution in [2.75, 3.05) is 26.3 Å². The van der Waals surface area contributed by atoms with Crippen molar-refractivity contribution < 1.29 is 9.47 Å². The number of hydrogen-bond acceptors (Lipinski definition) is 3. The first-order valence-corrected chi connectivity index (χ1v) is 5.42. The van der Waals surface area contributed by atoms with Crippen LogP contribution < -0.4 is 5.32 Å². The van der Waals surface area contributed by atoms with E-state index in [0.717, 1.165) is 26.1 Å². The van der Waals surface area contributed by atoms with Crippen LogP contribution in [0.25, 0.3) is 0 Å². The standard InChI is InChI=1S/C11H19NO2/c1-2-6-13-10-7-11(14-8-10)4-3-5-12-9-11/h2,10,12H,1,3-9H2/t10-,11+/m1/s1. The minimum Gasteiger partial charge on any atom is -0.372 e. The molecule has 2 aliphatic rings. The first-order chi connectivity index (χ1) is 6.85. The summed E-state index contributed by atoms with van der Waals surface area (Å²) in [5, 5.41) is 3.39. The first kappa shape index (κ1) is 10.1. The van der Waals surface area contributed by atoms with Crippen molar-refractivity contribution in [1.29, 1.82) is 0 Å². The number of hydrogen-bond donors (Lipinski definition) is 1. The number of nitrogens with one attached hydrogen (secondary N) is 1. The van der Waals surface area contributed by atoms with E-state index in [4.69, 9.17) is 9.47 Å². The van der Waals surface area contributed by atoms with E-state index in [9.17, 15) is 0 Å². The Morgan fingerprint density at radius 3 is 3.29 bits per heavy atom. The molecule has 2 fully saturated rings. The molecule has 0 aromatic carbocycles. The third-order valence-corrected chi connectivity index (χ3v) is 3.06. The van der Waals surface area contributed by atoms with Gasteiger partial charge < -0.3 is 14.8 Å². The van der Waals surface area contributed by atoms with Crippen LogP contribution in [-0.4, -0.2) is 38.0 Å². The Labute approximate surface area is 85.5 Å². The molecule has 1 N–H and O–H groups in total. The van der Waals surface area contributed by atoms with Gasteiger partial charge in [-0.1, -0.05) is 6.08 Å². The molecule has 0 aromatic heterocycles. The highest BCUT2D eigenvalue weighted by atomic mass is 16.6. The lowest BCUT2D eigenvalue weighted by molar-refractivity contribution is -0.0176. The maximum atomic E-state index is 5.87. The quantitative estimate of drug-likeness (QED) is 0.687. The second-order valence-electron chi connectivity index (χ2n) is 4.22. The number of rotatable bonds is 3. The lowest BCUT2D eigenvalue weighted by Gasteiger charge is -2.32. The van der Waals surface area contributed by atoms with Crippen molar-refractivity contribution in [2.24, 2.45) is 0 Å². The highest BCUT2D eigenvalue weighted by Gasteiger charge is 2.41. The number of ether oxygens (including phenoxy) is 2. The molecule has 80 valence electrons. The summed E-state index contributed by atoms with van der Waals surface area (Å²) >= 11 is 0. The summed E-state index contributed by atoms with van der Waals surface area (Å²) in [5.74, 6) is 0. The molecule has 0 aliphatic carbocycles. The molecule has 0 radical (unpaired) electrons. The Kier molecular flexibility index (Phi) is 3.21. The van der Waals surface area contributed by atoms with Gasteiger partial charge in [-0.3, -0.25) is 0 Å². The molecule has 2 heterocycles. The molecule has 3 heteroatoms. The lowest BCUT2D eigenvalue weighted by Crippen LogP contribution is -2.45. The molecule has 0 unspecified atom stereocenters. The zero-order valence-electron chi connectivity index (χ0n) is 8.63.